The number of aryl methyl sites for hydroxylation is 1. The van der Waals surface area contributed by atoms with Crippen LogP contribution in [-0.2, 0) is 0 Å². The molecule has 0 aliphatic carbocycles. The first-order valence-electron chi connectivity index (χ1n) is 5.63. The van der Waals surface area contributed by atoms with E-state index in [0.29, 0.717) is 11.7 Å². The maximum atomic E-state index is 12.2. The van der Waals surface area contributed by atoms with E-state index in [1.807, 2.05) is 24.0 Å². The van der Waals surface area contributed by atoms with E-state index >= 15 is 0 Å². The van der Waals surface area contributed by atoms with E-state index < -0.39 is 0 Å². The van der Waals surface area contributed by atoms with Gasteiger partial charge in [0, 0.05) is 31.9 Å². The number of hydrogen-bond donors (Lipinski definition) is 1. The zero-order chi connectivity index (χ0) is 11.5. The molecule has 86 valence electrons. The number of hydrogen-bond acceptors (Lipinski definition) is 3. The molecule has 4 nitrogen and oxygen atoms in total. The van der Waals surface area contributed by atoms with Crippen molar-refractivity contribution in [3.8, 4) is 0 Å². The second-order valence-corrected chi connectivity index (χ2v) is 4.28. The van der Waals surface area contributed by atoms with Crippen molar-refractivity contribution in [1.29, 1.82) is 0 Å². The van der Waals surface area contributed by atoms with Gasteiger partial charge in [-0.2, -0.15) is 0 Å². The molecular weight excluding hydrogens is 202 g/mol. The molecule has 0 spiro atoms. The molecule has 1 aromatic heterocycles. The minimum absolute atomic E-state index is 0.0476. The van der Waals surface area contributed by atoms with Gasteiger partial charge in [-0.25, -0.2) is 0 Å². The van der Waals surface area contributed by atoms with E-state index in [1.54, 1.807) is 6.20 Å². The summed E-state index contributed by atoms with van der Waals surface area (Å²) in [5.41, 5.74) is 1.52. The molecule has 4 heteroatoms. The van der Waals surface area contributed by atoms with Crippen LogP contribution in [-0.4, -0.2) is 41.5 Å². The zero-order valence-electron chi connectivity index (χ0n) is 9.73. The van der Waals surface area contributed by atoms with Gasteiger partial charge in [0.25, 0.3) is 5.91 Å². The fraction of sp³-hybridized carbons (Fsp3) is 0.500. The van der Waals surface area contributed by atoms with Crippen molar-refractivity contribution >= 4 is 5.91 Å². The number of carbonyl (C=O) groups is 1. The highest BCUT2D eigenvalue weighted by atomic mass is 16.2. The Morgan fingerprint density at radius 2 is 2.44 bits per heavy atom. The van der Waals surface area contributed by atoms with Crippen LogP contribution in [0.25, 0.3) is 0 Å². The Kier molecular flexibility index (Phi) is 3.19. The monoisotopic (exact) mass is 219 g/mol. The second kappa shape index (κ2) is 4.61. The summed E-state index contributed by atoms with van der Waals surface area (Å²) in [4.78, 5) is 18.2. The maximum absolute atomic E-state index is 12.2. The number of aromatic nitrogens is 1. The molecule has 1 atom stereocenters. The summed E-state index contributed by atoms with van der Waals surface area (Å²) < 4.78 is 0. The summed E-state index contributed by atoms with van der Waals surface area (Å²) >= 11 is 0. The highest BCUT2D eigenvalue weighted by molar-refractivity contribution is 5.93. The van der Waals surface area contributed by atoms with E-state index in [2.05, 4.69) is 17.2 Å². The van der Waals surface area contributed by atoms with Gasteiger partial charge in [-0.05, 0) is 25.5 Å². The van der Waals surface area contributed by atoms with Crippen molar-refractivity contribution in [3.63, 3.8) is 0 Å². The molecule has 2 rings (SSSR count). The molecule has 1 amide bonds. The average molecular weight is 219 g/mol. The molecule has 2 heterocycles. The third-order valence-corrected chi connectivity index (χ3v) is 2.87. The standard InChI is InChI=1S/C12H17N3O/c1-9-4-3-5-14-11(9)12(16)15-7-6-13-10(2)8-15/h3-5,10,13H,6-8H2,1-2H3. The minimum atomic E-state index is 0.0476. The Hall–Kier alpha value is -1.42. The quantitative estimate of drug-likeness (QED) is 0.760. The number of nitrogens with zero attached hydrogens (tertiary/aromatic N) is 2. The molecule has 0 radical (unpaired) electrons. The molecule has 16 heavy (non-hydrogen) atoms. The van der Waals surface area contributed by atoms with E-state index in [0.717, 1.165) is 25.2 Å². The number of pyridine rings is 1. The van der Waals surface area contributed by atoms with Gasteiger partial charge in [0.1, 0.15) is 5.69 Å². The fourth-order valence-corrected chi connectivity index (χ4v) is 1.98. The van der Waals surface area contributed by atoms with Crippen LogP contribution in [0.1, 0.15) is 23.0 Å². The minimum Gasteiger partial charge on any atom is -0.334 e. The second-order valence-electron chi connectivity index (χ2n) is 4.28. The van der Waals surface area contributed by atoms with Gasteiger partial charge in [-0.1, -0.05) is 6.07 Å². The molecule has 1 aliphatic heterocycles. The number of piperazine rings is 1. The van der Waals surface area contributed by atoms with E-state index in [1.165, 1.54) is 0 Å². The van der Waals surface area contributed by atoms with Gasteiger partial charge < -0.3 is 10.2 Å². The summed E-state index contributed by atoms with van der Waals surface area (Å²) in [5.74, 6) is 0.0476. The first kappa shape index (κ1) is 11.1. The summed E-state index contributed by atoms with van der Waals surface area (Å²) in [7, 11) is 0. The largest absolute Gasteiger partial charge is 0.334 e. The van der Waals surface area contributed by atoms with Crippen molar-refractivity contribution < 1.29 is 4.79 Å². The van der Waals surface area contributed by atoms with Crippen LogP contribution in [0.3, 0.4) is 0 Å². The number of rotatable bonds is 1. The molecular formula is C12H17N3O. The average Bonchev–Trinajstić information content (AvgIpc) is 2.29. The van der Waals surface area contributed by atoms with Crippen molar-refractivity contribution in [2.24, 2.45) is 0 Å². The van der Waals surface area contributed by atoms with E-state index in [-0.39, 0.29) is 5.91 Å². The Morgan fingerprint density at radius 1 is 1.62 bits per heavy atom. The Labute approximate surface area is 95.7 Å². The third-order valence-electron chi connectivity index (χ3n) is 2.87. The summed E-state index contributed by atoms with van der Waals surface area (Å²) in [6.07, 6.45) is 1.67. The van der Waals surface area contributed by atoms with Crippen LogP contribution in [0, 0.1) is 6.92 Å². The van der Waals surface area contributed by atoms with Gasteiger partial charge in [0.2, 0.25) is 0 Å². The van der Waals surface area contributed by atoms with E-state index in [4.69, 9.17) is 0 Å². The van der Waals surface area contributed by atoms with Crippen LogP contribution >= 0.6 is 0 Å². The van der Waals surface area contributed by atoms with Crippen LogP contribution in [0.15, 0.2) is 18.3 Å². The smallest absolute Gasteiger partial charge is 0.272 e. The lowest BCUT2D eigenvalue weighted by molar-refractivity contribution is 0.0702. The Morgan fingerprint density at radius 3 is 3.12 bits per heavy atom. The molecule has 1 saturated heterocycles. The fourth-order valence-electron chi connectivity index (χ4n) is 1.98. The highest BCUT2D eigenvalue weighted by Crippen LogP contribution is 2.09. The van der Waals surface area contributed by atoms with Crippen LogP contribution in [0.5, 0.6) is 0 Å². The van der Waals surface area contributed by atoms with Gasteiger partial charge in [-0.15, -0.1) is 0 Å². The predicted octanol–water partition coefficient (Wildman–Crippen LogP) is 0.824. The SMILES string of the molecule is Cc1cccnc1C(=O)N1CCNC(C)C1. The highest BCUT2D eigenvalue weighted by Gasteiger charge is 2.23. The number of nitrogens with one attached hydrogen (secondary N) is 1. The van der Waals surface area contributed by atoms with Gasteiger partial charge >= 0.3 is 0 Å². The van der Waals surface area contributed by atoms with E-state index in [9.17, 15) is 4.79 Å². The first-order valence-corrected chi connectivity index (χ1v) is 5.63. The van der Waals surface area contributed by atoms with Crippen molar-refractivity contribution in [2.45, 2.75) is 19.9 Å². The topological polar surface area (TPSA) is 45.2 Å². The van der Waals surface area contributed by atoms with Gasteiger partial charge in [0.05, 0.1) is 0 Å². The lowest BCUT2D eigenvalue weighted by Crippen LogP contribution is -2.51. The molecule has 1 fully saturated rings. The molecule has 0 bridgehead atoms. The molecule has 0 saturated carbocycles. The molecule has 1 aromatic rings. The van der Waals surface area contributed by atoms with Crippen LogP contribution < -0.4 is 5.32 Å². The van der Waals surface area contributed by atoms with Gasteiger partial charge in [-0.3, -0.25) is 9.78 Å². The molecule has 0 aromatic carbocycles. The maximum Gasteiger partial charge on any atom is 0.272 e. The first-order chi connectivity index (χ1) is 7.68. The van der Waals surface area contributed by atoms with Crippen LogP contribution in [0.2, 0.25) is 0 Å². The lowest BCUT2D eigenvalue weighted by atomic mass is 10.1. The summed E-state index contributed by atoms with van der Waals surface area (Å²) in [5, 5.41) is 3.32. The number of amides is 1. The lowest BCUT2D eigenvalue weighted by Gasteiger charge is -2.31. The zero-order valence-corrected chi connectivity index (χ0v) is 9.73. The normalized spacial score (nSPS) is 20.9. The molecule has 1 unspecified atom stereocenters. The Bertz CT molecular complexity index is 392. The van der Waals surface area contributed by atoms with Gasteiger partial charge in [0.15, 0.2) is 0 Å². The predicted molar refractivity (Wildman–Crippen MR) is 62.3 cm³/mol. The Balaban J connectivity index is 2.16. The number of carbonyl (C=O) groups excluding carboxylic acids is 1. The third kappa shape index (κ3) is 2.22. The van der Waals surface area contributed by atoms with Crippen molar-refractivity contribution in [1.82, 2.24) is 15.2 Å². The molecule has 1 N–H and O–H groups in total. The van der Waals surface area contributed by atoms with Crippen LogP contribution in [0.4, 0.5) is 0 Å². The van der Waals surface area contributed by atoms with Crippen molar-refractivity contribution in [3.05, 3.63) is 29.6 Å². The summed E-state index contributed by atoms with van der Waals surface area (Å²) in [6.45, 7) is 6.39. The summed E-state index contributed by atoms with van der Waals surface area (Å²) in [6, 6.07) is 4.14. The molecule has 1 aliphatic rings. The van der Waals surface area contributed by atoms with Crippen molar-refractivity contribution in [2.75, 3.05) is 19.6 Å².